The van der Waals surface area contributed by atoms with E-state index in [1.165, 1.54) is 5.57 Å². The van der Waals surface area contributed by atoms with Gasteiger partial charge < -0.3 is 5.11 Å². The van der Waals surface area contributed by atoms with Crippen LogP contribution in [-0.2, 0) is 4.79 Å². The molecule has 2 rings (SSSR count). The summed E-state index contributed by atoms with van der Waals surface area (Å²) in [6, 6.07) is 0. The smallest absolute Gasteiger partial charge is 0.155 e. The van der Waals surface area contributed by atoms with Crippen LogP contribution in [0.15, 0.2) is 11.6 Å². The summed E-state index contributed by atoms with van der Waals surface area (Å²) in [6.45, 7) is 2.09. The van der Waals surface area contributed by atoms with Gasteiger partial charge >= 0.3 is 0 Å². The van der Waals surface area contributed by atoms with Gasteiger partial charge in [-0.3, -0.25) is 4.79 Å². The molecule has 0 bridgehead atoms. The minimum Gasteiger partial charge on any atom is -0.392 e. The molecule has 0 aromatic carbocycles. The first-order valence-electron chi connectivity index (χ1n) is 5.05. The number of ketones is 1. The van der Waals surface area contributed by atoms with Crippen LogP contribution in [0.1, 0.15) is 39.0 Å². The largest absolute Gasteiger partial charge is 0.392 e. The van der Waals surface area contributed by atoms with Gasteiger partial charge in [-0.2, -0.15) is 0 Å². The van der Waals surface area contributed by atoms with Gasteiger partial charge in [0.2, 0.25) is 0 Å². The normalized spacial score (nSPS) is 39.7. The van der Waals surface area contributed by atoms with Gasteiger partial charge in [0.05, 0.1) is 6.10 Å². The maximum Gasteiger partial charge on any atom is 0.155 e. The topological polar surface area (TPSA) is 37.3 Å². The number of carbonyl (C=O) groups is 1. The predicted octanol–water partition coefficient (Wildman–Crippen LogP) is 1.83. The van der Waals surface area contributed by atoms with Gasteiger partial charge in [0.25, 0.3) is 0 Å². The van der Waals surface area contributed by atoms with Crippen molar-refractivity contribution >= 4 is 5.78 Å². The second-order valence-corrected chi connectivity index (χ2v) is 4.46. The predicted molar refractivity (Wildman–Crippen MR) is 50.3 cm³/mol. The summed E-state index contributed by atoms with van der Waals surface area (Å²) in [7, 11) is 0. The Hall–Kier alpha value is -0.630. The lowest BCUT2D eigenvalue weighted by atomic mass is 9.64. The zero-order valence-electron chi connectivity index (χ0n) is 8.05. The van der Waals surface area contributed by atoms with Gasteiger partial charge in [-0.05, 0) is 31.8 Å². The van der Waals surface area contributed by atoms with Gasteiger partial charge in [0, 0.05) is 11.8 Å². The highest BCUT2D eigenvalue weighted by atomic mass is 16.3. The minimum absolute atomic E-state index is 0.0911. The molecule has 13 heavy (non-hydrogen) atoms. The number of hydrogen-bond donors (Lipinski definition) is 1. The van der Waals surface area contributed by atoms with E-state index in [0.29, 0.717) is 6.42 Å². The van der Waals surface area contributed by atoms with E-state index in [1.807, 2.05) is 0 Å². The Morgan fingerprint density at radius 1 is 1.54 bits per heavy atom. The van der Waals surface area contributed by atoms with Gasteiger partial charge in [-0.25, -0.2) is 0 Å². The van der Waals surface area contributed by atoms with E-state index in [4.69, 9.17) is 0 Å². The molecule has 0 heterocycles. The molecule has 0 unspecified atom stereocenters. The highest BCUT2D eigenvalue weighted by molar-refractivity contribution is 5.91. The van der Waals surface area contributed by atoms with Crippen molar-refractivity contribution in [3.8, 4) is 0 Å². The number of fused-ring (bicyclic) bond motifs is 1. The molecule has 1 saturated carbocycles. The first kappa shape index (κ1) is 8.95. The third-order valence-electron chi connectivity index (χ3n) is 3.62. The molecule has 0 aromatic heterocycles. The van der Waals surface area contributed by atoms with Crippen LogP contribution in [0.5, 0.6) is 0 Å². The van der Waals surface area contributed by atoms with Crippen LogP contribution >= 0.6 is 0 Å². The first-order valence-corrected chi connectivity index (χ1v) is 5.05. The van der Waals surface area contributed by atoms with Crippen molar-refractivity contribution < 1.29 is 9.90 Å². The summed E-state index contributed by atoms with van der Waals surface area (Å²) in [4.78, 5) is 11.2. The second kappa shape index (κ2) is 2.95. The van der Waals surface area contributed by atoms with Crippen molar-refractivity contribution in [2.24, 2.45) is 5.41 Å². The van der Waals surface area contributed by atoms with Crippen molar-refractivity contribution in [2.75, 3.05) is 0 Å². The molecule has 0 spiro atoms. The van der Waals surface area contributed by atoms with Gasteiger partial charge in [0.1, 0.15) is 0 Å². The van der Waals surface area contributed by atoms with E-state index in [0.717, 1.165) is 25.7 Å². The summed E-state index contributed by atoms with van der Waals surface area (Å²) in [5.41, 5.74) is 1.09. The molecule has 0 radical (unpaired) electrons. The van der Waals surface area contributed by atoms with E-state index in [-0.39, 0.29) is 17.3 Å². The summed E-state index contributed by atoms with van der Waals surface area (Å²) in [6.07, 6.45) is 5.89. The maximum atomic E-state index is 11.2. The van der Waals surface area contributed by atoms with Gasteiger partial charge in [0.15, 0.2) is 5.78 Å². The lowest BCUT2D eigenvalue weighted by Gasteiger charge is -2.42. The molecule has 1 fully saturated rings. The van der Waals surface area contributed by atoms with Crippen molar-refractivity contribution in [3.63, 3.8) is 0 Å². The Balaban J connectivity index is 2.34. The molecule has 0 aromatic rings. The molecule has 0 amide bonds. The molecule has 2 heteroatoms. The first-order chi connectivity index (χ1) is 6.13. The summed E-state index contributed by atoms with van der Waals surface area (Å²) >= 11 is 0. The highest BCUT2D eigenvalue weighted by Gasteiger charge is 2.41. The Morgan fingerprint density at radius 2 is 2.31 bits per heavy atom. The molecular formula is C11H16O2. The number of aliphatic hydroxyl groups excluding tert-OH is 1. The van der Waals surface area contributed by atoms with Crippen LogP contribution in [0.3, 0.4) is 0 Å². The van der Waals surface area contributed by atoms with Crippen molar-refractivity contribution in [3.05, 3.63) is 11.6 Å². The van der Waals surface area contributed by atoms with E-state index in [9.17, 15) is 9.90 Å². The zero-order chi connectivity index (χ0) is 9.47. The van der Waals surface area contributed by atoms with Crippen LogP contribution in [-0.4, -0.2) is 17.0 Å². The number of allylic oxidation sites excluding steroid dienone is 1. The maximum absolute atomic E-state index is 11.2. The average molecular weight is 180 g/mol. The number of hydrogen-bond acceptors (Lipinski definition) is 2. The van der Waals surface area contributed by atoms with Crippen LogP contribution in [0.25, 0.3) is 0 Å². The third kappa shape index (κ3) is 1.33. The molecule has 2 nitrogen and oxygen atoms in total. The third-order valence-corrected chi connectivity index (χ3v) is 3.62. The van der Waals surface area contributed by atoms with Crippen LogP contribution < -0.4 is 0 Å². The number of aliphatic hydroxyl groups is 1. The Kier molecular flexibility index (Phi) is 2.03. The fourth-order valence-corrected chi connectivity index (χ4v) is 2.52. The van der Waals surface area contributed by atoms with E-state index in [2.05, 4.69) is 6.92 Å². The van der Waals surface area contributed by atoms with E-state index >= 15 is 0 Å². The molecule has 72 valence electrons. The summed E-state index contributed by atoms with van der Waals surface area (Å²) in [5, 5.41) is 9.90. The van der Waals surface area contributed by atoms with Crippen molar-refractivity contribution in [1.82, 2.24) is 0 Å². The second-order valence-electron chi connectivity index (χ2n) is 4.46. The van der Waals surface area contributed by atoms with Gasteiger partial charge in [-0.1, -0.05) is 12.5 Å². The lowest BCUT2D eigenvalue weighted by molar-refractivity contribution is -0.116. The van der Waals surface area contributed by atoms with E-state index in [1.54, 1.807) is 6.08 Å². The summed E-state index contributed by atoms with van der Waals surface area (Å²) < 4.78 is 0. The minimum atomic E-state index is -0.236. The van der Waals surface area contributed by atoms with Crippen molar-refractivity contribution in [2.45, 2.75) is 45.1 Å². The molecule has 0 aliphatic heterocycles. The molecular weight excluding hydrogens is 164 g/mol. The van der Waals surface area contributed by atoms with Crippen molar-refractivity contribution in [1.29, 1.82) is 0 Å². The molecule has 2 aliphatic carbocycles. The zero-order valence-corrected chi connectivity index (χ0v) is 8.05. The fourth-order valence-electron chi connectivity index (χ4n) is 2.52. The molecule has 2 atom stereocenters. The average Bonchev–Trinajstić information content (AvgIpc) is 2.09. The lowest BCUT2D eigenvalue weighted by Crippen LogP contribution is -2.40. The Morgan fingerprint density at radius 3 is 3.08 bits per heavy atom. The van der Waals surface area contributed by atoms with E-state index < -0.39 is 0 Å². The molecule has 0 saturated heterocycles. The SMILES string of the molecule is C[C@@]12CCC(=O)C=C1CCC[C@H]2O. The Labute approximate surface area is 78.6 Å². The quantitative estimate of drug-likeness (QED) is 0.617. The van der Waals surface area contributed by atoms with Crippen LogP contribution in [0.4, 0.5) is 0 Å². The standard InChI is InChI=1S/C11H16O2/c1-11-6-5-9(12)7-8(11)3-2-4-10(11)13/h7,10,13H,2-6H2,1H3/t10-,11-/m1/s1. The monoisotopic (exact) mass is 180 g/mol. The Bertz CT molecular complexity index is 267. The molecule has 2 aliphatic rings. The molecule has 1 N–H and O–H groups in total. The summed E-state index contributed by atoms with van der Waals surface area (Å²) in [5.74, 6) is 0.238. The van der Waals surface area contributed by atoms with Crippen LogP contribution in [0.2, 0.25) is 0 Å². The number of carbonyl (C=O) groups excluding carboxylic acids is 1. The van der Waals surface area contributed by atoms with Gasteiger partial charge in [-0.15, -0.1) is 0 Å². The number of rotatable bonds is 0. The highest BCUT2D eigenvalue weighted by Crippen LogP contribution is 2.46. The van der Waals surface area contributed by atoms with Crippen LogP contribution in [0, 0.1) is 5.41 Å². The fraction of sp³-hybridized carbons (Fsp3) is 0.727.